The fourth-order valence-electron chi connectivity index (χ4n) is 1.24. The summed E-state index contributed by atoms with van der Waals surface area (Å²) in [6.45, 7) is 0. The van der Waals surface area contributed by atoms with Crippen LogP contribution in [0, 0.1) is 5.82 Å². The van der Waals surface area contributed by atoms with Crippen molar-refractivity contribution in [2.75, 3.05) is 14.2 Å². The molecule has 0 spiro atoms. The van der Waals surface area contributed by atoms with Crippen molar-refractivity contribution in [1.29, 1.82) is 0 Å². The highest BCUT2D eigenvalue weighted by molar-refractivity contribution is 5.72. The Morgan fingerprint density at radius 3 is 2.59 bits per heavy atom. The van der Waals surface area contributed by atoms with Crippen LogP contribution in [-0.2, 0) is 16.0 Å². The van der Waals surface area contributed by atoms with E-state index in [1.807, 2.05) is 0 Å². The molecule has 4 nitrogen and oxygen atoms in total. The zero-order valence-electron chi connectivity index (χ0n) is 9.17. The standard InChI is InChI=1S/C10H10F3NO3/c1-16-6-4-14-5(3-7(15)17-2)8(9(6)11)10(12)13/h4,10H,3H2,1-2H3. The lowest BCUT2D eigenvalue weighted by Gasteiger charge is -2.10. The molecule has 1 aromatic heterocycles. The Bertz CT molecular complexity index is 424. The van der Waals surface area contributed by atoms with E-state index in [1.54, 1.807) is 0 Å². The molecule has 0 saturated heterocycles. The summed E-state index contributed by atoms with van der Waals surface area (Å²) in [5.74, 6) is -2.38. The highest BCUT2D eigenvalue weighted by atomic mass is 19.3. The zero-order chi connectivity index (χ0) is 13.0. The average Bonchev–Trinajstić information content (AvgIpc) is 2.28. The molecule has 7 heteroatoms. The molecule has 0 unspecified atom stereocenters. The molecule has 0 fully saturated rings. The second kappa shape index (κ2) is 5.51. The quantitative estimate of drug-likeness (QED) is 0.764. The van der Waals surface area contributed by atoms with Gasteiger partial charge in [-0.05, 0) is 0 Å². The predicted molar refractivity (Wildman–Crippen MR) is 51.4 cm³/mol. The molecule has 1 heterocycles. The van der Waals surface area contributed by atoms with E-state index in [2.05, 4.69) is 14.5 Å². The molecule has 0 radical (unpaired) electrons. The molecular weight excluding hydrogens is 239 g/mol. The summed E-state index contributed by atoms with van der Waals surface area (Å²) in [4.78, 5) is 14.5. The largest absolute Gasteiger partial charge is 0.492 e. The summed E-state index contributed by atoms with van der Waals surface area (Å²) < 4.78 is 47.7. The number of aromatic nitrogens is 1. The number of esters is 1. The Labute approximate surface area is 95.4 Å². The molecule has 94 valence electrons. The van der Waals surface area contributed by atoms with Crippen LogP contribution in [0.4, 0.5) is 13.2 Å². The van der Waals surface area contributed by atoms with Crippen molar-refractivity contribution in [2.45, 2.75) is 12.8 Å². The van der Waals surface area contributed by atoms with E-state index in [0.717, 1.165) is 20.4 Å². The van der Waals surface area contributed by atoms with Gasteiger partial charge in [0.1, 0.15) is 0 Å². The molecule has 0 aliphatic heterocycles. The summed E-state index contributed by atoms with van der Waals surface area (Å²) in [6.07, 6.45) is -2.66. The van der Waals surface area contributed by atoms with Gasteiger partial charge in [-0.1, -0.05) is 0 Å². The molecule has 0 amide bonds. The van der Waals surface area contributed by atoms with E-state index in [9.17, 15) is 18.0 Å². The Morgan fingerprint density at radius 2 is 2.12 bits per heavy atom. The summed E-state index contributed by atoms with van der Waals surface area (Å²) in [6, 6.07) is 0. The first kappa shape index (κ1) is 13.3. The monoisotopic (exact) mass is 249 g/mol. The minimum Gasteiger partial charge on any atom is -0.492 e. The number of halogens is 3. The van der Waals surface area contributed by atoms with Crippen LogP contribution in [0.15, 0.2) is 6.20 Å². The number of carbonyl (C=O) groups excluding carboxylic acids is 1. The maximum atomic E-state index is 13.5. The van der Waals surface area contributed by atoms with Gasteiger partial charge >= 0.3 is 5.97 Å². The van der Waals surface area contributed by atoms with Crippen molar-refractivity contribution < 1.29 is 27.4 Å². The Balaban J connectivity index is 3.21. The van der Waals surface area contributed by atoms with Gasteiger partial charge in [-0.25, -0.2) is 13.2 Å². The second-order valence-electron chi connectivity index (χ2n) is 3.05. The number of carbonyl (C=O) groups is 1. The van der Waals surface area contributed by atoms with Gasteiger partial charge < -0.3 is 9.47 Å². The maximum Gasteiger partial charge on any atom is 0.311 e. The van der Waals surface area contributed by atoms with Crippen molar-refractivity contribution in [2.24, 2.45) is 0 Å². The predicted octanol–water partition coefficient (Wildman–Crippen LogP) is 1.88. The number of hydrogen-bond donors (Lipinski definition) is 0. The molecule has 1 aromatic rings. The SMILES string of the molecule is COC(=O)Cc1ncc(OC)c(F)c1C(F)F. The summed E-state index contributed by atoms with van der Waals surface area (Å²) in [5.41, 5.74) is -1.29. The van der Waals surface area contributed by atoms with Crippen LogP contribution in [0.25, 0.3) is 0 Å². The normalized spacial score (nSPS) is 10.5. The smallest absolute Gasteiger partial charge is 0.311 e. The van der Waals surface area contributed by atoms with Gasteiger partial charge in [0, 0.05) is 0 Å². The van der Waals surface area contributed by atoms with Crippen LogP contribution in [0.3, 0.4) is 0 Å². The van der Waals surface area contributed by atoms with Crippen LogP contribution < -0.4 is 4.74 Å². The number of hydrogen-bond acceptors (Lipinski definition) is 4. The first-order valence-corrected chi connectivity index (χ1v) is 4.57. The Morgan fingerprint density at radius 1 is 1.47 bits per heavy atom. The van der Waals surface area contributed by atoms with Crippen molar-refractivity contribution in [1.82, 2.24) is 4.98 Å². The molecule has 0 aliphatic carbocycles. The van der Waals surface area contributed by atoms with Gasteiger partial charge in [-0.3, -0.25) is 9.78 Å². The number of methoxy groups -OCH3 is 2. The third kappa shape index (κ3) is 2.86. The summed E-state index contributed by atoms with van der Waals surface area (Å²) >= 11 is 0. The van der Waals surface area contributed by atoms with E-state index in [0.29, 0.717) is 0 Å². The Kier molecular flexibility index (Phi) is 4.30. The lowest BCUT2D eigenvalue weighted by molar-refractivity contribution is -0.139. The van der Waals surface area contributed by atoms with Crippen molar-refractivity contribution in [3.8, 4) is 5.75 Å². The minimum atomic E-state index is -3.09. The molecule has 1 rings (SSSR count). The van der Waals surface area contributed by atoms with Gasteiger partial charge in [-0.2, -0.15) is 0 Å². The molecule has 0 saturated carbocycles. The second-order valence-corrected chi connectivity index (χ2v) is 3.05. The van der Waals surface area contributed by atoms with E-state index >= 15 is 0 Å². The van der Waals surface area contributed by atoms with E-state index in [1.165, 1.54) is 0 Å². The van der Waals surface area contributed by atoms with E-state index in [-0.39, 0.29) is 5.69 Å². The van der Waals surface area contributed by atoms with Crippen molar-refractivity contribution in [3.05, 3.63) is 23.3 Å². The molecule has 17 heavy (non-hydrogen) atoms. The lowest BCUT2D eigenvalue weighted by Crippen LogP contribution is -2.11. The van der Waals surface area contributed by atoms with Gasteiger partial charge in [0.15, 0.2) is 11.6 Å². The third-order valence-electron chi connectivity index (χ3n) is 2.08. The molecule has 0 atom stereocenters. The zero-order valence-corrected chi connectivity index (χ0v) is 9.17. The fourth-order valence-corrected chi connectivity index (χ4v) is 1.24. The van der Waals surface area contributed by atoms with Crippen LogP contribution in [0.2, 0.25) is 0 Å². The highest BCUT2D eigenvalue weighted by Crippen LogP contribution is 2.30. The highest BCUT2D eigenvalue weighted by Gasteiger charge is 2.24. The molecule has 0 N–H and O–H groups in total. The van der Waals surface area contributed by atoms with Gasteiger partial charge in [0.2, 0.25) is 0 Å². The number of nitrogens with zero attached hydrogens (tertiary/aromatic N) is 1. The first-order valence-electron chi connectivity index (χ1n) is 4.57. The Hall–Kier alpha value is -1.79. The molecule has 0 aromatic carbocycles. The van der Waals surface area contributed by atoms with Crippen molar-refractivity contribution >= 4 is 5.97 Å². The van der Waals surface area contributed by atoms with E-state index < -0.39 is 35.9 Å². The van der Waals surface area contributed by atoms with Crippen LogP contribution in [0.1, 0.15) is 17.7 Å². The number of ether oxygens (including phenoxy) is 2. The van der Waals surface area contributed by atoms with Crippen molar-refractivity contribution in [3.63, 3.8) is 0 Å². The lowest BCUT2D eigenvalue weighted by atomic mass is 10.1. The maximum absolute atomic E-state index is 13.5. The molecule has 0 aliphatic rings. The summed E-state index contributed by atoms with van der Waals surface area (Å²) in [5, 5.41) is 0. The number of alkyl halides is 2. The fraction of sp³-hybridized carbons (Fsp3) is 0.400. The average molecular weight is 249 g/mol. The van der Waals surface area contributed by atoms with Crippen LogP contribution >= 0.6 is 0 Å². The van der Waals surface area contributed by atoms with Gasteiger partial charge in [0.25, 0.3) is 6.43 Å². The minimum absolute atomic E-state index is 0.356. The van der Waals surface area contributed by atoms with Crippen LogP contribution in [0.5, 0.6) is 5.75 Å². The third-order valence-corrected chi connectivity index (χ3v) is 2.08. The first-order chi connectivity index (χ1) is 8.01. The van der Waals surface area contributed by atoms with Gasteiger partial charge in [0.05, 0.1) is 38.1 Å². The molecule has 0 bridgehead atoms. The van der Waals surface area contributed by atoms with Gasteiger partial charge in [-0.15, -0.1) is 0 Å². The molecular formula is C10H10F3NO3. The summed E-state index contributed by atoms with van der Waals surface area (Å²) in [7, 11) is 2.24. The topological polar surface area (TPSA) is 48.4 Å². The number of pyridine rings is 1. The van der Waals surface area contributed by atoms with Crippen LogP contribution in [-0.4, -0.2) is 25.2 Å². The van der Waals surface area contributed by atoms with E-state index in [4.69, 9.17) is 0 Å². The number of rotatable bonds is 4.